The van der Waals surface area contributed by atoms with Gasteiger partial charge >= 0.3 is 7.82 Å². The van der Waals surface area contributed by atoms with Gasteiger partial charge in [-0.05, 0) is 12.8 Å². The van der Waals surface area contributed by atoms with E-state index in [1.54, 1.807) is 0 Å². The first-order valence-electron chi connectivity index (χ1n) is 16.3. The van der Waals surface area contributed by atoms with Gasteiger partial charge in [0, 0.05) is 19.5 Å². The Morgan fingerprint density at radius 3 is 2.47 bits per heavy atom. The highest BCUT2D eigenvalue weighted by Crippen LogP contribution is 2.52. The number of aromatic amines is 1. The molecule has 4 aromatic heterocycles. The summed E-state index contributed by atoms with van der Waals surface area (Å²) in [6.07, 6.45) is -0.877. The molecule has 2 aliphatic heterocycles. The van der Waals surface area contributed by atoms with E-state index in [-0.39, 0.29) is 41.3 Å². The van der Waals surface area contributed by atoms with Gasteiger partial charge in [-0.2, -0.15) is 4.98 Å². The average Bonchev–Trinajstić information content (AvgIpc) is 3.85. The molecular weight excluding hydrogens is 702 g/mol. The minimum atomic E-state index is -5.34. The molecule has 0 aromatic carbocycles. The molecule has 0 spiro atoms. The van der Waals surface area contributed by atoms with Crippen molar-refractivity contribution in [2.24, 2.45) is 0 Å². The molecule has 4 aromatic rings. The number of nitrogens with zero attached hydrogens (tertiary/aromatic N) is 8. The number of nitrogens with two attached hydrogens (primary N) is 1. The molecule has 51 heavy (non-hydrogen) atoms. The zero-order valence-corrected chi connectivity index (χ0v) is 28.6. The van der Waals surface area contributed by atoms with Crippen molar-refractivity contribution < 1.29 is 47.7 Å². The number of aromatic nitrogens is 8. The Bertz CT molecular complexity index is 2030. The highest BCUT2D eigenvalue weighted by molar-refractivity contribution is 7.47. The third kappa shape index (κ3) is 6.66. The summed E-state index contributed by atoms with van der Waals surface area (Å²) in [4.78, 5) is 55.3. The number of hydrogen-bond donors (Lipinski definition) is 6. The van der Waals surface area contributed by atoms with Gasteiger partial charge in [0.05, 0.1) is 25.9 Å². The highest BCUT2D eigenvalue weighted by atomic mass is 31.2. The first kappa shape index (κ1) is 36.9. The lowest BCUT2D eigenvalue weighted by atomic mass is 10.0. The smallest absolute Gasteiger partial charge is 0.394 e. The van der Waals surface area contributed by atoms with Crippen LogP contribution in [0.4, 0.5) is 10.3 Å². The molecule has 0 saturated carbocycles. The Labute approximate surface area is 288 Å². The standard InChI is InChI=1S/C28H40FN10O11P/c1-3-5-8-36(9-6-4-2)39-15-33-21-19(24(39)42)32-14-38(21)27(28(43,44)7-10-47-27)12-48-51(45,46)50-20-16(11-40)49-25(17(20)29)37-13-31-18-22(37)34-26(30)35-23(18)41/h13-17,20,25,40,43-44H,3-12H2,1-2H3,(H,45,46)(H3,30,34,35,41). The number of imidazole rings is 2. The summed E-state index contributed by atoms with van der Waals surface area (Å²) in [6, 6.07) is 0. The van der Waals surface area contributed by atoms with Gasteiger partial charge in [0.2, 0.25) is 17.5 Å². The van der Waals surface area contributed by atoms with E-state index in [1.807, 2.05) is 18.9 Å². The molecule has 23 heteroatoms. The Hall–Kier alpha value is -3.86. The van der Waals surface area contributed by atoms with Gasteiger partial charge in [-0.1, -0.05) is 26.7 Å². The number of hydrogen-bond acceptors (Lipinski definition) is 16. The van der Waals surface area contributed by atoms with Crippen LogP contribution in [0.15, 0.2) is 28.6 Å². The normalized spacial score (nSPS) is 25.9. The molecule has 7 N–H and O–H groups in total. The van der Waals surface area contributed by atoms with Crippen LogP contribution in [0.5, 0.6) is 0 Å². The van der Waals surface area contributed by atoms with Crippen LogP contribution in [0, 0.1) is 0 Å². The van der Waals surface area contributed by atoms with Crippen molar-refractivity contribution >= 4 is 36.1 Å². The number of phosphoric acid groups is 1. The number of unbranched alkanes of at least 4 members (excludes halogenated alkanes) is 2. The number of aliphatic hydroxyl groups excluding tert-OH is 1. The fourth-order valence-electron chi connectivity index (χ4n) is 6.20. The van der Waals surface area contributed by atoms with Crippen LogP contribution in [0.3, 0.4) is 0 Å². The molecule has 6 heterocycles. The Morgan fingerprint density at radius 2 is 1.82 bits per heavy atom. The number of ether oxygens (including phenoxy) is 2. The number of rotatable bonds is 15. The van der Waals surface area contributed by atoms with Crippen molar-refractivity contribution in [1.29, 1.82) is 0 Å². The maximum absolute atomic E-state index is 15.9. The van der Waals surface area contributed by atoms with Gasteiger partial charge < -0.3 is 40.4 Å². The number of anilines is 1. The summed E-state index contributed by atoms with van der Waals surface area (Å²) in [6.45, 7) is 3.01. The van der Waals surface area contributed by atoms with Crippen LogP contribution in [0.2, 0.25) is 0 Å². The molecule has 2 fully saturated rings. The Morgan fingerprint density at radius 1 is 1.12 bits per heavy atom. The highest BCUT2D eigenvalue weighted by Gasteiger charge is 2.59. The molecule has 2 aliphatic rings. The van der Waals surface area contributed by atoms with E-state index in [1.165, 1.54) is 11.0 Å². The molecule has 0 bridgehead atoms. The lowest BCUT2D eigenvalue weighted by Gasteiger charge is -2.38. The van der Waals surface area contributed by atoms with Crippen molar-refractivity contribution in [3.8, 4) is 0 Å². The van der Waals surface area contributed by atoms with Gasteiger partial charge in [-0.3, -0.25) is 32.8 Å². The average molecular weight is 743 g/mol. The Balaban J connectivity index is 1.26. The molecule has 6 rings (SSSR count). The second-order valence-electron chi connectivity index (χ2n) is 12.3. The molecule has 6 atom stereocenters. The summed E-state index contributed by atoms with van der Waals surface area (Å²) in [5.41, 5.74) is 1.37. The van der Waals surface area contributed by atoms with E-state index in [2.05, 4.69) is 24.9 Å². The monoisotopic (exact) mass is 742 g/mol. The quantitative estimate of drug-likeness (QED) is 0.0651. The van der Waals surface area contributed by atoms with Gasteiger partial charge in [-0.15, -0.1) is 0 Å². The first-order chi connectivity index (χ1) is 24.3. The summed E-state index contributed by atoms with van der Waals surface area (Å²) in [5.74, 6) is -3.04. The number of nitrogen functional groups attached to an aromatic ring is 1. The summed E-state index contributed by atoms with van der Waals surface area (Å²) in [5, 5.41) is 34.0. The zero-order valence-electron chi connectivity index (χ0n) is 27.7. The first-order valence-corrected chi connectivity index (χ1v) is 17.8. The largest absolute Gasteiger partial charge is 0.472 e. The minimum Gasteiger partial charge on any atom is -0.394 e. The predicted octanol–water partition coefficient (Wildman–Crippen LogP) is -0.669. The number of fused-ring (bicyclic) bond motifs is 2. The number of alkyl halides is 1. The van der Waals surface area contributed by atoms with Crippen LogP contribution < -0.4 is 21.9 Å². The molecule has 0 radical (unpaired) electrons. The van der Waals surface area contributed by atoms with E-state index in [9.17, 15) is 34.4 Å². The van der Waals surface area contributed by atoms with Crippen molar-refractivity contribution in [2.75, 3.05) is 43.7 Å². The van der Waals surface area contributed by atoms with Gasteiger partial charge in [-0.25, -0.2) is 28.6 Å². The van der Waals surface area contributed by atoms with Crippen molar-refractivity contribution in [2.45, 2.75) is 82.1 Å². The molecule has 2 saturated heterocycles. The molecule has 0 amide bonds. The maximum atomic E-state index is 15.9. The predicted molar refractivity (Wildman–Crippen MR) is 174 cm³/mol. The van der Waals surface area contributed by atoms with E-state index in [4.69, 9.17) is 24.3 Å². The van der Waals surface area contributed by atoms with E-state index < -0.39 is 68.3 Å². The van der Waals surface area contributed by atoms with Gasteiger partial charge in [0.25, 0.3) is 11.1 Å². The molecule has 6 unspecified atom stereocenters. The number of phosphoric ester groups is 1. The second kappa shape index (κ2) is 14.3. The SMILES string of the molecule is CCCCN(CCCC)n1cnc2c(ncn2C2(COP(=O)(O)OC3C(CO)OC(n4cnc5c(=O)[nH]c(N)nc54)C3F)OCCC2(O)O)c1=O. The fourth-order valence-corrected chi connectivity index (χ4v) is 7.16. The zero-order chi connectivity index (χ0) is 36.7. The van der Waals surface area contributed by atoms with E-state index in [0.29, 0.717) is 13.1 Å². The van der Waals surface area contributed by atoms with Crippen molar-refractivity contribution in [3.05, 3.63) is 39.7 Å². The maximum Gasteiger partial charge on any atom is 0.472 e. The van der Waals surface area contributed by atoms with Crippen molar-refractivity contribution in [3.63, 3.8) is 0 Å². The van der Waals surface area contributed by atoms with Crippen LogP contribution in [0.25, 0.3) is 22.3 Å². The van der Waals surface area contributed by atoms with Gasteiger partial charge in [0.1, 0.15) is 25.1 Å². The lowest BCUT2D eigenvalue weighted by molar-refractivity contribution is -0.288. The second-order valence-corrected chi connectivity index (χ2v) is 13.7. The third-order valence-electron chi connectivity index (χ3n) is 8.94. The number of H-pyrrole nitrogens is 1. The summed E-state index contributed by atoms with van der Waals surface area (Å²) in [7, 11) is -5.34. The fraction of sp³-hybridized carbons (Fsp3) is 0.643. The molecule has 280 valence electrons. The minimum absolute atomic E-state index is 0.134. The topological polar surface area (TPSA) is 280 Å². The number of nitrogens with one attached hydrogen (secondary N) is 1. The van der Waals surface area contributed by atoms with Crippen LogP contribution in [-0.4, -0.2) is 116 Å². The summed E-state index contributed by atoms with van der Waals surface area (Å²) < 4.78 is 54.4. The number of halogens is 1. The van der Waals surface area contributed by atoms with Gasteiger partial charge in [0.15, 0.2) is 34.7 Å². The van der Waals surface area contributed by atoms with E-state index >= 15 is 4.39 Å². The van der Waals surface area contributed by atoms with E-state index in [0.717, 1.165) is 47.5 Å². The molecular formula is C28H40FN10O11P. The van der Waals surface area contributed by atoms with Crippen LogP contribution in [0.1, 0.15) is 52.2 Å². The van der Waals surface area contributed by atoms with Crippen LogP contribution in [-0.2, 0) is 28.8 Å². The lowest BCUT2D eigenvalue weighted by Crippen LogP contribution is -2.55. The third-order valence-corrected chi connectivity index (χ3v) is 9.91. The van der Waals surface area contributed by atoms with Crippen molar-refractivity contribution in [1.82, 2.24) is 38.7 Å². The summed E-state index contributed by atoms with van der Waals surface area (Å²) >= 11 is 0. The van der Waals surface area contributed by atoms with Crippen LogP contribution >= 0.6 is 7.82 Å². The molecule has 0 aliphatic carbocycles. The number of aliphatic hydroxyl groups is 3. The molecule has 21 nitrogen and oxygen atoms in total. The Kier molecular flexibility index (Phi) is 10.3.